The summed E-state index contributed by atoms with van der Waals surface area (Å²) in [4.78, 5) is 26.7. The zero-order chi connectivity index (χ0) is 18.1. The van der Waals surface area contributed by atoms with Gasteiger partial charge in [0.25, 0.3) is 5.56 Å². The number of anilines is 2. The van der Waals surface area contributed by atoms with Crippen LogP contribution in [0.5, 0.6) is 0 Å². The van der Waals surface area contributed by atoms with Crippen molar-refractivity contribution in [3.63, 3.8) is 0 Å². The quantitative estimate of drug-likeness (QED) is 0.775. The van der Waals surface area contributed by atoms with Gasteiger partial charge in [0.15, 0.2) is 0 Å². The number of nitrogen functional groups attached to an aromatic ring is 1. The molecule has 3 rings (SSSR count). The van der Waals surface area contributed by atoms with E-state index in [0.29, 0.717) is 17.9 Å². The van der Waals surface area contributed by atoms with E-state index in [-0.39, 0.29) is 23.8 Å². The summed E-state index contributed by atoms with van der Waals surface area (Å²) in [6.07, 6.45) is 1.81. The number of nitrogens with two attached hydrogens (primary N) is 2. The molecule has 1 fully saturated rings. The molecule has 7 nitrogen and oxygen atoms in total. The van der Waals surface area contributed by atoms with Crippen LogP contribution >= 0.6 is 0 Å². The van der Waals surface area contributed by atoms with E-state index in [9.17, 15) is 14.0 Å². The Morgan fingerprint density at radius 1 is 1.28 bits per heavy atom. The van der Waals surface area contributed by atoms with E-state index in [1.165, 1.54) is 29.8 Å². The molecule has 1 saturated heterocycles. The van der Waals surface area contributed by atoms with Gasteiger partial charge < -0.3 is 16.4 Å². The van der Waals surface area contributed by atoms with Gasteiger partial charge in [-0.25, -0.2) is 9.18 Å². The normalized spacial score (nSPS) is 17.7. The second-order valence-electron chi connectivity index (χ2n) is 6.46. The van der Waals surface area contributed by atoms with Gasteiger partial charge in [-0.3, -0.25) is 13.9 Å². The molecule has 134 valence electrons. The fourth-order valence-corrected chi connectivity index (χ4v) is 3.17. The highest BCUT2D eigenvalue weighted by Gasteiger charge is 2.22. The molecule has 0 amide bonds. The molecule has 2 aromatic rings. The molecule has 2 heterocycles. The van der Waals surface area contributed by atoms with Crippen LogP contribution in [-0.4, -0.2) is 28.3 Å². The summed E-state index contributed by atoms with van der Waals surface area (Å²) >= 11 is 0. The summed E-state index contributed by atoms with van der Waals surface area (Å²) in [6.45, 7) is 1.45. The van der Waals surface area contributed by atoms with Crippen LogP contribution < -0.4 is 27.6 Å². The molecular weight excluding hydrogens is 325 g/mol. The molecule has 1 aromatic carbocycles. The summed E-state index contributed by atoms with van der Waals surface area (Å²) < 4.78 is 15.8. The largest absolute Gasteiger partial charge is 0.398 e. The monoisotopic (exact) mass is 347 g/mol. The molecule has 0 spiro atoms. The van der Waals surface area contributed by atoms with Crippen LogP contribution in [0, 0.1) is 5.82 Å². The molecule has 4 N–H and O–H groups in total. The third-order valence-electron chi connectivity index (χ3n) is 4.60. The van der Waals surface area contributed by atoms with Gasteiger partial charge >= 0.3 is 5.69 Å². The van der Waals surface area contributed by atoms with Gasteiger partial charge in [-0.2, -0.15) is 0 Å². The lowest BCUT2D eigenvalue weighted by Gasteiger charge is -2.34. The molecule has 1 aliphatic heterocycles. The lowest BCUT2D eigenvalue weighted by molar-refractivity contribution is 0.491. The van der Waals surface area contributed by atoms with Crippen molar-refractivity contribution in [1.82, 2.24) is 9.13 Å². The van der Waals surface area contributed by atoms with Crippen molar-refractivity contribution in [2.75, 3.05) is 23.7 Å². The Morgan fingerprint density at radius 2 is 2.04 bits per heavy atom. The molecule has 0 unspecified atom stereocenters. The van der Waals surface area contributed by atoms with E-state index in [2.05, 4.69) is 0 Å². The van der Waals surface area contributed by atoms with Crippen LogP contribution in [-0.2, 0) is 13.6 Å². The van der Waals surface area contributed by atoms with Crippen LogP contribution in [0.2, 0.25) is 0 Å². The topological polar surface area (TPSA) is 99.3 Å². The second kappa shape index (κ2) is 6.72. The van der Waals surface area contributed by atoms with Crippen molar-refractivity contribution < 1.29 is 4.39 Å². The van der Waals surface area contributed by atoms with Gasteiger partial charge in [-0.1, -0.05) is 6.07 Å². The Balaban J connectivity index is 2.09. The van der Waals surface area contributed by atoms with Crippen molar-refractivity contribution in [3.05, 3.63) is 56.5 Å². The van der Waals surface area contributed by atoms with Crippen molar-refractivity contribution in [3.8, 4) is 0 Å². The van der Waals surface area contributed by atoms with Crippen LogP contribution in [0.3, 0.4) is 0 Å². The maximum atomic E-state index is 13.3. The number of nitrogens with zero attached hydrogens (tertiary/aromatic N) is 3. The van der Waals surface area contributed by atoms with Gasteiger partial charge in [0.2, 0.25) is 0 Å². The summed E-state index contributed by atoms with van der Waals surface area (Å²) in [5.41, 5.74) is 12.0. The molecule has 0 bridgehead atoms. The second-order valence-corrected chi connectivity index (χ2v) is 6.46. The summed E-state index contributed by atoms with van der Waals surface area (Å²) in [5.74, 6) is 0.0864. The Kier molecular flexibility index (Phi) is 4.63. The number of benzene rings is 1. The van der Waals surface area contributed by atoms with Gasteiger partial charge in [0.1, 0.15) is 11.6 Å². The molecule has 0 radical (unpaired) electrons. The number of piperidine rings is 1. The maximum absolute atomic E-state index is 13.3. The van der Waals surface area contributed by atoms with Crippen LogP contribution in [0.1, 0.15) is 18.4 Å². The van der Waals surface area contributed by atoms with Crippen LogP contribution in [0.15, 0.2) is 33.9 Å². The highest BCUT2D eigenvalue weighted by atomic mass is 19.1. The van der Waals surface area contributed by atoms with Crippen molar-refractivity contribution in [2.24, 2.45) is 12.8 Å². The Hall–Kier alpha value is -2.61. The van der Waals surface area contributed by atoms with Gasteiger partial charge in [-0.15, -0.1) is 0 Å². The number of hydrogen-bond acceptors (Lipinski definition) is 5. The van der Waals surface area contributed by atoms with E-state index in [0.717, 1.165) is 24.0 Å². The molecule has 25 heavy (non-hydrogen) atoms. The number of hydrogen-bond donors (Lipinski definition) is 2. The zero-order valence-corrected chi connectivity index (χ0v) is 14.1. The number of rotatable bonds is 3. The molecule has 0 aliphatic carbocycles. The molecule has 1 aromatic heterocycles. The SMILES string of the molecule is Cn1c(=O)cc(N2CCC[C@@H](N)C2)n(Cc2ccc(F)cc2N)c1=O. The number of halogens is 1. The molecule has 1 aliphatic rings. The highest BCUT2D eigenvalue weighted by Crippen LogP contribution is 2.20. The molecule has 8 heteroatoms. The fourth-order valence-electron chi connectivity index (χ4n) is 3.17. The van der Waals surface area contributed by atoms with Gasteiger partial charge in [0.05, 0.1) is 6.54 Å². The van der Waals surface area contributed by atoms with E-state index >= 15 is 0 Å². The smallest absolute Gasteiger partial charge is 0.332 e. The van der Waals surface area contributed by atoms with E-state index in [1.807, 2.05) is 4.90 Å². The minimum absolute atomic E-state index is 0.00255. The Bertz CT molecular complexity index is 905. The lowest BCUT2D eigenvalue weighted by atomic mass is 10.1. The minimum Gasteiger partial charge on any atom is -0.398 e. The zero-order valence-electron chi connectivity index (χ0n) is 14.1. The standard InChI is InChI=1S/C17H22FN5O2/c1-21-16(24)8-15(22-6-2-3-13(19)10-22)23(17(21)25)9-11-4-5-12(18)7-14(11)20/h4-5,7-8,13H,2-3,6,9-10,19-20H2,1H3/t13-/m1/s1. The first-order chi connectivity index (χ1) is 11.9. The first-order valence-corrected chi connectivity index (χ1v) is 8.22. The van der Waals surface area contributed by atoms with E-state index in [4.69, 9.17) is 11.5 Å². The number of aromatic nitrogens is 2. The van der Waals surface area contributed by atoms with E-state index < -0.39 is 11.5 Å². The van der Waals surface area contributed by atoms with Crippen molar-refractivity contribution in [1.29, 1.82) is 0 Å². The first kappa shape index (κ1) is 17.2. The summed E-state index contributed by atoms with van der Waals surface area (Å²) in [5, 5.41) is 0. The predicted molar refractivity (Wildman–Crippen MR) is 95.3 cm³/mol. The first-order valence-electron chi connectivity index (χ1n) is 8.22. The lowest BCUT2D eigenvalue weighted by Crippen LogP contribution is -2.47. The van der Waals surface area contributed by atoms with Gasteiger partial charge in [-0.05, 0) is 30.5 Å². The maximum Gasteiger partial charge on any atom is 0.332 e. The van der Waals surface area contributed by atoms with Crippen molar-refractivity contribution in [2.45, 2.75) is 25.4 Å². The Labute approximate surface area is 144 Å². The average Bonchev–Trinajstić information content (AvgIpc) is 2.57. The average molecular weight is 347 g/mol. The third kappa shape index (κ3) is 3.43. The van der Waals surface area contributed by atoms with Crippen LogP contribution in [0.25, 0.3) is 0 Å². The Morgan fingerprint density at radius 3 is 2.72 bits per heavy atom. The molecular formula is C17H22FN5O2. The summed E-state index contributed by atoms with van der Waals surface area (Å²) in [7, 11) is 1.43. The van der Waals surface area contributed by atoms with Gasteiger partial charge in [0, 0.05) is 37.9 Å². The molecule has 1 atom stereocenters. The highest BCUT2D eigenvalue weighted by molar-refractivity contribution is 5.48. The van der Waals surface area contributed by atoms with Crippen LogP contribution in [0.4, 0.5) is 15.9 Å². The minimum atomic E-state index is -0.439. The van der Waals surface area contributed by atoms with E-state index in [1.54, 1.807) is 6.07 Å². The fraction of sp³-hybridized carbons (Fsp3) is 0.412. The third-order valence-corrected chi connectivity index (χ3v) is 4.60. The van der Waals surface area contributed by atoms with Crippen molar-refractivity contribution >= 4 is 11.5 Å². The summed E-state index contributed by atoms with van der Waals surface area (Å²) in [6, 6.07) is 5.51. The predicted octanol–water partition coefficient (Wildman–Crippen LogP) is 0.244. The molecule has 0 saturated carbocycles.